The number of hydrogen-bond donors (Lipinski definition) is 3. The Balaban J connectivity index is 1.67. The van der Waals surface area contributed by atoms with Gasteiger partial charge in [0.25, 0.3) is 5.91 Å². The third-order valence-corrected chi connectivity index (χ3v) is 4.62. The van der Waals surface area contributed by atoms with Gasteiger partial charge in [-0.2, -0.15) is 0 Å². The van der Waals surface area contributed by atoms with E-state index in [1.165, 1.54) is 17.6 Å². The lowest BCUT2D eigenvalue weighted by Crippen LogP contribution is -2.34. The molecule has 2 aromatic rings. The van der Waals surface area contributed by atoms with Crippen LogP contribution in [0.2, 0.25) is 5.02 Å². The van der Waals surface area contributed by atoms with Crippen molar-refractivity contribution in [3.63, 3.8) is 0 Å². The van der Waals surface area contributed by atoms with E-state index in [4.69, 9.17) is 16.8 Å². The van der Waals surface area contributed by atoms with E-state index in [9.17, 15) is 9.18 Å². The first kappa shape index (κ1) is 16.9. The van der Waals surface area contributed by atoms with Gasteiger partial charge < -0.3 is 5.32 Å². The molecule has 1 amide bonds. The van der Waals surface area contributed by atoms with Crippen molar-refractivity contribution in [3.8, 4) is 0 Å². The van der Waals surface area contributed by atoms with Gasteiger partial charge in [0.2, 0.25) is 0 Å². The molecular formula is C18H18ClFN2O2. The second-order valence-corrected chi connectivity index (χ2v) is 6.43. The van der Waals surface area contributed by atoms with Crippen LogP contribution < -0.4 is 10.8 Å². The van der Waals surface area contributed by atoms with Crippen LogP contribution in [0.25, 0.3) is 0 Å². The zero-order chi connectivity index (χ0) is 17.1. The number of rotatable bonds is 4. The molecule has 0 radical (unpaired) electrons. The SMILES string of the molecule is O=C(NO)c1cc2c(cc1F)CC(NCc1ccc(Cl)cc1)CC2. The van der Waals surface area contributed by atoms with Gasteiger partial charge in [0, 0.05) is 17.6 Å². The van der Waals surface area contributed by atoms with Gasteiger partial charge in [0.1, 0.15) is 5.82 Å². The Morgan fingerprint density at radius 3 is 2.71 bits per heavy atom. The van der Waals surface area contributed by atoms with E-state index in [1.54, 1.807) is 0 Å². The minimum absolute atomic E-state index is 0.121. The van der Waals surface area contributed by atoms with Gasteiger partial charge in [-0.25, -0.2) is 9.87 Å². The van der Waals surface area contributed by atoms with Crippen molar-refractivity contribution in [2.24, 2.45) is 0 Å². The molecule has 0 spiro atoms. The fourth-order valence-corrected chi connectivity index (χ4v) is 3.18. The second kappa shape index (κ2) is 7.30. The van der Waals surface area contributed by atoms with Crippen LogP contribution in [0.5, 0.6) is 0 Å². The summed E-state index contributed by atoms with van der Waals surface area (Å²) in [4.78, 5) is 11.4. The lowest BCUT2D eigenvalue weighted by atomic mass is 9.86. The standard InChI is InChI=1S/C18H18ClFN2O2/c19-14-4-1-11(2-5-14)10-21-15-6-3-12-8-16(18(23)22-24)17(20)9-13(12)7-15/h1-2,4-5,8-9,15,21,24H,3,6-7,10H2,(H,22,23). The zero-order valence-electron chi connectivity index (χ0n) is 13.0. The summed E-state index contributed by atoms with van der Waals surface area (Å²) < 4.78 is 14.0. The molecule has 2 aromatic carbocycles. The van der Waals surface area contributed by atoms with Crippen LogP contribution in [0.3, 0.4) is 0 Å². The number of benzene rings is 2. The van der Waals surface area contributed by atoms with E-state index in [0.717, 1.165) is 36.1 Å². The Bertz CT molecular complexity index is 749. The summed E-state index contributed by atoms with van der Waals surface area (Å²) in [7, 11) is 0. The van der Waals surface area contributed by atoms with Crippen molar-refractivity contribution in [1.82, 2.24) is 10.8 Å². The summed E-state index contributed by atoms with van der Waals surface area (Å²) in [5, 5.41) is 12.9. The molecular weight excluding hydrogens is 331 g/mol. The predicted octanol–water partition coefficient (Wildman–Crippen LogP) is 3.25. The molecule has 0 bridgehead atoms. The second-order valence-electron chi connectivity index (χ2n) is 5.99. The highest BCUT2D eigenvalue weighted by Gasteiger charge is 2.22. The Labute approximate surface area is 144 Å². The van der Waals surface area contributed by atoms with Gasteiger partial charge in [-0.1, -0.05) is 23.7 Å². The van der Waals surface area contributed by atoms with Crippen molar-refractivity contribution in [3.05, 3.63) is 69.5 Å². The summed E-state index contributed by atoms with van der Waals surface area (Å²) in [6.45, 7) is 0.727. The molecule has 3 rings (SSSR count). The molecule has 1 aliphatic rings. The number of hydroxylamine groups is 1. The largest absolute Gasteiger partial charge is 0.310 e. The minimum Gasteiger partial charge on any atom is -0.310 e. The Morgan fingerprint density at radius 2 is 2.00 bits per heavy atom. The molecule has 1 unspecified atom stereocenters. The van der Waals surface area contributed by atoms with E-state index in [1.807, 2.05) is 24.3 Å². The maximum Gasteiger partial charge on any atom is 0.277 e. The summed E-state index contributed by atoms with van der Waals surface area (Å²) in [6.07, 6.45) is 2.38. The number of fused-ring (bicyclic) bond motifs is 1. The Kier molecular flexibility index (Phi) is 5.14. The Morgan fingerprint density at radius 1 is 1.25 bits per heavy atom. The fraction of sp³-hybridized carbons (Fsp3) is 0.278. The zero-order valence-corrected chi connectivity index (χ0v) is 13.7. The van der Waals surface area contributed by atoms with Gasteiger partial charge in [0.05, 0.1) is 5.56 Å². The van der Waals surface area contributed by atoms with Gasteiger partial charge in [0.15, 0.2) is 0 Å². The number of hydrogen-bond acceptors (Lipinski definition) is 3. The molecule has 0 saturated heterocycles. The molecule has 1 atom stereocenters. The molecule has 0 fully saturated rings. The summed E-state index contributed by atoms with van der Waals surface area (Å²) >= 11 is 5.88. The number of carbonyl (C=O) groups is 1. The van der Waals surface area contributed by atoms with Gasteiger partial charge in [-0.05, 0) is 60.2 Å². The van der Waals surface area contributed by atoms with Gasteiger partial charge in [-0.15, -0.1) is 0 Å². The number of amides is 1. The van der Waals surface area contributed by atoms with E-state index in [-0.39, 0.29) is 11.6 Å². The molecule has 0 aliphatic heterocycles. The van der Waals surface area contributed by atoms with Crippen molar-refractivity contribution >= 4 is 17.5 Å². The first-order chi connectivity index (χ1) is 11.6. The normalized spacial score (nSPS) is 16.5. The molecule has 6 heteroatoms. The highest BCUT2D eigenvalue weighted by molar-refractivity contribution is 6.30. The van der Waals surface area contributed by atoms with Crippen LogP contribution >= 0.6 is 11.6 Å². The fourth-order valence-electron chi connectivity index (χ4n) is 3.05. The van der Waals surface area contributed by atoms with Crippen molar-refractivity contribution < 1.29 is 14.4 Å². The molecule has 0 heterocycles. The monoisotopic (exact) mass is 348 g/mol. The van der Waals surface area contributed by atoms with Crippen LogP contribution in [0.4, 0.5) is 4.39 Å². The molecule has 0 saturated carbocycles. The maximum absolute atomic E-state index is 14.0. The van der Waals surface area contributed by atoms with Gasteiger partial charge in [-0.3, -0.25) is 10.0 Å². The number of carbonyl (C=O) groups excluding carboxylic acids is 1. The lowest BCUT2D eigenvalue weighted by Gasteiger charge is -2.26. The molecule has 1 aliphatic carbocycles. The highest BCUT2D eigenvalue weighted by atomic mass is 35.5. The minimum atomic E-state index is -0.821. The molecule has 24 heavy (non-hydrogen) atoms. The topological polar surface area (TPSA) is 61.4 Å². The van der Waals surface area contributed by atoms with E-state index in [0.29, 0.717) is 11.4 Å². The van der Waals surface area contributed by atoms with Crippen LogP contribution in [-0.4, -0.2) is 17.2 Å². The van der Waals surface area contributed by atoms with Crippen molar-refractivity contribution in [2.45, 2.75) is 31.8 Å². The third kappa shape index (κ3) is 3.75. The van der Waals surface area contributed by atoms with Gasteiger partial charge >= 0.3 is 0 Å². The van der Waals surface area contributed by atoms with Crippen LogP contribution in [0.1, 0.15) is 33.5 Å². The highest BCUT2D eigenvalue weighted by Crippen LogP contribution is 2.25. The maximum atomic E-state index is 14.0. The van der Waals surface area contributed by atoms with Crippen LogP contribution in [0, 0.1) is 5.82 Å². The molecule has 3 N–H and O–H groups in total. The average molecular weight is 349 g/mol. The third-order valence-electron chi connectivity index (χ3n) is 4.37. The predicted molar refractivity (Wildman–Crippen MR) is 89.8 cm³/mol. The molecule has 0 aromatic heterocycles. The van der Waals surface area contributed by atoms with Crippen LogP contribution in [-0.2, 0) is 19.4 Å². The summed E-state index contributed by atoms with van der Waals surface area (Å²) in [6, 6.07) is 10.9. The molecule has 4 nitrogen and oxygen atoms in total. The van der Waals surface area contributed by atoms with Crippen LogP contribution in [0.15, 0.2) is 36.4 Å². The molecule has 126 valence electrons. The average Bonchev–Trinajstić information content (AvgIpc) is 2.59. The number of aryl methyl sites for hydroxylation is 1. The smallest absolute Gasteiger partial charge is 0.277 e. The van der Waals surface area contributed by atoms with E-state index < -0.39 is 11.7 Å². The first-order valence-corrected chi connectivity index (χ1v) is 8.18. The quantitative estimate of drug-likeness (QED) is 0.587. The van der Waals surface area contributed by atoms with E-state index in [2.05, 4.69) is 5.32 Å². The number of halogens is 2. The summed E-state index contributed by atoms with van der Waals surface area (Å²) in [5.41, 5.74) is 4.37. The van der Waals surface area contributed by atoms with Crippen molar-refractivity contribution in [2.75, 3.05) is 0 Å². The van der Waals surface area contributed by atoms with Crippen molar-refractivity contribution in [1.29, 1.82) is 0 Å². The first-order valence-electron chi connectivity index (χ1n) is 7.80. The number of nitrogens with one attached hydrogen (secondary N) is 2. The van der Waals surface area contributed by atoms with E-state index >= 15 is 0 Å². The summed E-state index contributed by atoms with van der Waals surface area (Å²) in [5.74, 6) is -1.43. The lowest BCUT2D eigenvalue weighted by molar-refractivity contribution is 0.0701. The Hall–Kier alpha value is -1.95.